The third-order valence-corrected chi connectivity index (χ3v) is 5.27. The van der Waals surface area contributed by atoms with Crippen LogP contribution in [0.15, 0.2) is 65.0 Å². The van der Waals surface area contributed by atoms with Crippen LogP contribution in [0, 0.1) is 0 Å². The summed E-state index contributed by atoms with van der Waals surface area (Å²) < 4.78 is 26.8. The minimum absolute atomic E-state index is 0.0276. The van der Waals surface area contributed by atoms with Crippen LogP contribution in [0.4, 0.5) is 5.69 Å². The second-order valence-electron chi connectivity index (χ2n) is 6.89. The third kappa shape index (κ3) is 3.93. The monoisotopic (exact) mass is 412 g/mol. The molecule has 0 saturated heterocycles. The van der Waals surface area contributed by atoms with Gasteiger partial charge in [0.15, 0.2) is 0 Å². The second kappa shape index (κ2) is 7.92. The van der Waals surface area contributed by atoms with E-state index in [2.05, 4.69) is 4.36 Å². The van der Waals surface area contributed by atoms with Crippen molar-refractivity contribution in [1.82, 2.24) is 0 Å². The summed E-state index contributed by atoms with van der Waals surface area (Å²) >= 11 is 0. The minimum Gasteiger partial charge on any atom is -0.508 e. The molecule has 0 heterocycles. The fraction of sp³-hybridized carbons (Fsp3) is 0.190. The molecule has 0 spiro atoms. The number of aromatic hydroxyl groups is 1. The van der Waals surface area contributed by atoms with E-state index < -0.39 is 22.0 Å². The first-order valence-electron chi connectivity index (χ1n) is 8.78. The van der Waals surface area contributed by atoms with Gasteiger partial charge in [-0.2, -0.15) is 8.42 Å². The fourth-order valence-electron chi connectivity index (χ4n) is 3.49. The number of fused-ring (bicyclic) bond motifs is 1. The first-order chi connectivity index (χ1) is 13.7. The summed E-state index contributed by atoms with van der Waals surface area (Å²) in [5.74, 6) is -1.35. The van der Waals surface area contributed by atoms with E-state index in [-0.39, 0.29) is 17.7 Å². The van der Waals surface area contributed by atoms with Crippen molar-refractivity contribution >= 4 is 32.9 Å². The van der Waals surface area contributed by atoms with Gasteiger partial charge in [-0.25, -0.2) is 4.79 Å². The summed E-state index contributed by atoms with van der Waals surface area (Å²) in [6, 6.07) is 16.5. The van der Waals surface area contributed by atoms with Crippen molar-refractivity contribution in [3.63, 3.8) is 0 Å². The highest BCUT2D eigenvalue weighted by atomic mass is 32.2. The van der Waals surface area contributed by atoms with Crippen LogP contribution in [0.5, 0.6) is 5.75 Å². The Bertz CT molecular complexity index is 1200. The number of anilines is 1. The maximum atomic E-state index is 12.5. The zero-order chi connectivity index (χ0) is 21.2. The Hall–Kier alpha value is -3.39. The van der Waals surface area contributed by atoms with Gasteiger partial charge in [0.05, 0.1) is 0 Å². The normalized spacial score (nSPS) is 12.9. The van der Waals surface area contributed by atoms with E-state index in [1.54, 1.807) is 36.4 Å². The Kier molecular flexibility index (Phi) is 5.56. The molecule has 0 aliphatic heterocycles. The average Bonchev–Trinajstić information content (AvgIpc) is 2.67. The number of phenolic OH excluding ortho intramolecular Hbond substituents is 1. The molecule has 0 aromatic heterocycles. The number of nitrogens with zero attached hydrogens (tertiary/aromatic N) is 2. The molecule has 0 bridgehead atoms. The summed E-state index contributed by atoms with van der Waals surface area (Å²) in [5, 5.41) is 21.1. The lowest BCUT2D eigenvalue weighted by molar-refractivity contribution is -0.143. The number of aliphatic carboxylic acids is 1. The number of rotatable bonds is 6. The largest absolute Gasteiger partial charge is 0.508 e. The summed E-state index contributed by atoms with van der Waals surface area (Å²) in [6.07, 6.45) is -0.193. The topological polar surface area (TPSA) is 107 Å². The van der Waals surface area contributed by atoms with Crippen LogP contribution in [0.25, 0.3) is 10.8 Å². The summed E-state index contributed by atoms with van der Waals surface area (Å²) in [4.78, 5) is 14.4. The van der Waals surface area contributed by atoms with Gasteiger partial charge in [-0.1, -0.05) is 42.5 Å². The molecule has 3 aromatic rings. The maximum Gasteiger partial charge on any atom is 0.337 e. The SMILES string of the molecule is CN(C)c1cccc2c([C@@](Cc3ccc(O)cc3)(N=S(=O)=O)C(=O)O)cccc12. The van der Waals surface area contributed by atoms with Crippen molar-refractivity contribution in [1.29, 1.82) is 0 Å². The first-order valence-corrected chi connectivity index (χ1v) is 9.81. The third-order valence-electron chi connectivity index (χ3n) is 4.81. The highest BCUT2D eigenvalue weighted by Gasteiger charge is 2.43. The minimum atomic E-state index is -2.96. The van der Waals surface area contributed by atoms with Gasteiger partial charge in [0.2, 0.25) is 5.54 Å². The predicted octanol–water partition coefficient (Wildman–Crippen LogP) is 3.20. The molecule has 3 aromatic carbocycles. The molecule has 0 saturated carbocycles. The molecule has 150 valence electrons. The number of carboxylic acid groups (broad SMARTS) is 1. The van der Waals surface area contributed by atoms with Gasteiger partial charge in [0.1, 0.15) is 5.75 Å². The molecular weight excluding hydrogens is 392 g/mol. The first kappa shape index (κ1) is 20.3. The van der Waals surface area contributed by atoms with Gasteiger partial charge in [-0.3, -0.25) is 0 Å². The number of hydrogen-bond acceptors (Lipinski definition) is 6. The zero-order valence-corrected chi connectivity index (χ0v) is 16.7. The molecule has 0 amide bonds. The molecule has 2 N–H and O–H groups in total. The van der Waals surface area contributed by atoms with Crippen molar-refractivity contribution in [2.24, 2.45) is 4.36 Å². The Morgan fingerprint density at radius 1 is 1.00 bits per heavy atom. The lowest BCUT2D eigenvalue weighted by Gasteiger charge is -2.26. The summed E-state index contributed by atoms with van der Waals surface area (Å²) in [6.45, 7) is 0. The van der Waals surface area contributed by atoms with Crippen LogP contribution in [0.3, 0.4) is 0 Å². The summed E-state index contributed by atoms with van der Waals surface area (Å²) in [5.41, 5.74) is -0.367. The van der Waals surface area contributed by atoms with Crippen molar-refractivity contribution in [2.45, 2.75) is 12.0 Å². The second-order valence-corrected chi connectivity index (χ2v) is 7.51. The highest BCUT2D eigenvalue weighted by Crippen LogP contribution is 2.38. The Balaban J connectivity index is 2.35. The van der Waals surface area contributed by atoms with Gasteiger partial charge in [0, 0.05) is 37.2 Å². The Morgan fingerprint density at radius 3 is 2.21 bits per heavy atom. The van der Waals surface area contributed by atoms with Crippen molar-refractivity contribution in [3.8, 4) is 5.75 Å². The fourth-order valence-corrected chi connectivity index (χ4v) is 3.98. The molecule has 29 heavy (non-hydrogen) atoms. The van der Waals surface area contributed by atoms with Gasteiger partial charge in [-0.15, -0.1) is 4.36 Å². The zero-order valence-electron chi connectivity index (χ0n) is 15.9. The van der Waals surface area contributed by atoms with Crippen LogP contribution in [0.2, 0.25) is 0 Å². The van der Waals surface area contributed by atoms with Crippen LogP contribution >= 0.6 is 0 Å². The highest BCUT2D eigenvalue weighted by molar-refractivity contribution is 7.61. The number of phenols is 1. The standard InChI is InChI=1S/C21H20N2O5S/c1-23(2)19-8-4-5-16-17(19)6-3-7-18(16)21(20(25)26,22-29(27)28)13-14-9-11-15(24)12-10-14/h3-12,24H,13H2,1-2H3,(H,25,26)/t21-/m1/s1. The van der Waals surface area contributed by atoms with E-state index in [0.29, 0.717) is 10.9 Å². The molecular formula is C21H20N2O5S. The number of carboxylic acids is 1. The number of hydrogen-bond donors (Lipinski definition) is 2. The van der Waals surface area contributed by atoms with Crippen molar-refractivity contribution in [2.75, 3.05) is 19.0 Å². The quantitative estimate of drug-likeness (QED) is 0.644. The van der Waals surface area contributed by atoms with Crippen molar-refractivity contribution < 1.29 is 23.4 Å². The van der Waals surface area contributed by atoms with E-state index in [4.69, 9.17) is 0 Å². The van der Waals surface area contributed by atoms with Crippen LogP contribution < -0.4 is 4.90 Å². The van der Waals surface area contributed by atoms with E-state index in [1.807, 2.05) is 31.1 Å². The molecule has 7 nitrogen and oxygen atoms in total. The molecule has 3 rings (SSSR count). The smallest absolute Gasteiger partial charge is 0.337 e. The average molecular weight is 412 g/mol. The van der Waals surface area contributed by atoms with E-state index >= 15 is 0 Å². The Morgan fingerprint density at radius 2 is 1.62 bits per heavy atom. The number of benzene rings is 3. The maximum absolute atomic E-state index is 12.5. The van der Waals surface area contributed by atoms with E-state index in [1.165, 1.54) is 12.1 Å². The molecule has 0 fully saturated rings. The molecule has 1 atom stereocenters. The van der Waals surface area contributed by atoms with Gasteiger partial charge in [0.25, 0.3) is 0 Å². The van der Waals surface area contributed by atoms with Crippen LogP contribution in [-0.2, 0) is 27.3 Å². The molecule has 8 heteroatoms. The van der Waals surface area contributed by atoms with Crippen molar-refractivity contribution in [3.05, 3.63) is 71.8 Å². The van der Waals surface area contributed by atoms with Crippen LogP contribution in [-0.4, -0.2) is 38.7 Å². The lowest BCUT2D eigenvalue weighted by Crippen LogP contribution is -2.36. The molecule has 0 aliphatic carbocycles. The van der Waals surface area contributed by atoms with Gasteiger partial charge >= 0.3 is 16.5 Å². The molecule has 0 aliphatic rings. The Labute approximate surface area is 169 Å². The van der Waals surface area contributed by atoms with E-state index in [0.717, 1.165) is 11.1 Å². The number of carbonyl (C=O) groups is 1. The molecule has 0 radical (unpaired) electrons. The van der Waals surface area contributed by atoms with E-state index in [9.17, 15) is 23.4 Å². The van der Waals surface area contributed by atoms with Crippen LogP contribution in [0.1, 0.15) is 11.1 Å². The summed E-state index contributed by atoms with van der Waals surface area (Å²) in [7, 11) is 0.792. The lowest BCUT2D eigenvalue weighted by atomic mass is 9.82. The van der Waals surface area contributed by atoms with Gasteiger partial charge < -0.3 is 15.1 Å². The van der Waals surface area contributed by atoms with Gasteiger partial charge in [-0.05, 0) is 29.1 Å². The predicted molar refractivity (Wildman–Crippen MR) is 111 cm³/mol. The molecule has 0 unspecified atom stereocenters.